The molecule has 6 nitrogen and oxygen atoms in total. The van der Waals surface area contributed by atoms with Gasteiger partial charge in [0.05, 0.1) is 11.8 Å². The van der Waals surface area contributed by atoms with Crippen LogP contribution in [-0.4, -0.2) is 35.2 Å². The summed E-state index contributed by atoms with van der Waals surface area (Å²) >= 11 is 0. The highest BCUT2D eigenvalue weighted by atomic mass is 16.2. The Bertz CT molecular complexity index is 1280. The minimum atomic E-state index is -1.24. The number of likely N-dealkylation sites (tertiary alicyclic amines) is 1. The van der Waals surface area contributed by atoms with Crippen molar-refractivity contribution in [3.63, 3.8) is 0 Å². The highest BCUT2D eigenvalue weighted by molar-refractivity contribution is 6.15. The smallest absolute Gasteiger partial charge is 0.250 e. The van der Waals surface area contributed by atoms with E-state index in [0.29, 0.717) is 25.1 Å². The zero-order chi connectivity index (χ0) is 23.3. The van der Waals surface area contributed by atoms with Gasteiger partial charge in [0.2, 0.25) is 17.7 Å². The number of carbonyl (C=O) groups is 3. The van der Waals surface area contributed by atoms with Crippen LogP contribution in [0.5, 0.6) is 0 Å². The SMILES string of the molecule is O=C1[C@@H]2C(Cc3ccccc3)NC3(C(=O)Nc4ccccc43)[C@@H]2C(=O)N1CCc1ccccc1. The fourth-order valence-corrected chi connectivity index (χ4v) is 5.97. The molecule has 3 aromatic rings. The Morgan fingerprint density at radius 1 is 0.765 bits per heavy atom. The number of fused-ring (bicyclic) bond motifs is 4. The van der Waals surface area contributed by atoms with Gasteiger partial charge in [0.25, 0.3) is 0 Å². The van der Waals surface area contributed by atoms with E-state index in [1.807, 2.05) is 84.9 Å². The molecule has 0 aliphatic carbocycles. The third kappa shape index (κ3) is 3.02. The average Bonchev–Trinajstić information content (AvgIpc) is 3.44. The molecule has 1 spiro atoms. The monoisotopic (exact) mass is 451 g/mol. The highest BCUT2D eigenvalue weighted by Gasteiger charge is 2.70. The van der Waals surface area contributed by atoms with Crippen molar-refractivity contribution in [2.24, 2.45) is 11.8 Å². The number of nitrogens with zero attached hydrogens (tertiary/aromatic N) is 1. The van der Waals surface area contributed by atoms with E-state index in [1.54, 1.807) is 0 Å². The van der Waals surface area contributed by atoms with Crippen molar-refractivity contribution in [3.05, 3.63) is 102 Å². The first kappa shape index (κ1) is 20.8. The largest absolute Gasteiger partial charge is 0.324 e. The molecule has 0 radical (unpaired) electrons. The quantitative estimate of drug-likeness (QED) is 0.585. The number of imide groups is 1. The minimum Gasteiger partial charge on any atom is -0.324 e. The molecule has 6 rings (SSSR count). The highest BCUT2D eigenvalue weighted by Crippen LogP contribution is 2.53. The molecule has 2 N–H and O–H groups in total. The van der Waals surface area contributed by atoms with Crippen LogP contribution < -0.4 is 10.6 Å². The van der Waals surface area contributed by atoms with Gasteiger partial charge >= 0.3 is 0 Å². The van der Waals surface area contributed by atoms with E-state index in [9.17, 15) is 14.4 Å². The number of benzene rings is 3. The first-order chi connectivity index (χ1) is 16.6. The summed E-state index contributed by atoms with van der Waals surface area (Å²) in [5.74, 6) is -2.08. The van der Waals surface area contributed by atoms with Gasteiger partial charge in [-0.2, -0.15) is 0 Å². The molecule has 2 unspecified atom stereocenters. The third-order valence-corrected chi connectivity index (χ3v) is 7.48. The van der Waals surface area contributed by atoms with Crippen LogP contribution >= 0.6 is 0 Å². The number of amides is 3. The molecule has 2 saturated heterocycles. The number of anilines is 1. The van der Waals surface area contributed by atoms with Crippen LogP contribution in [0.3, 0.4) is 0 Å². The van der Waals surface area contributed by atoms with E-state index in [1.165, 1.54) is 4.90 Å². The molecule has 6 heteroatoms. The Morgan fingerprint density at radius 3 is 2.15 bits per heavy atom. The number of hydrogen-bond acceptors (Lipinski definition) is 4. The van der Waals surface area contributed by atoms with Crippen LogP contribution in [-0.2, 0) is 32.8 Å². The van der Waals surface area contributed by atoms with Crippen LogP contribution in [0.25, 0.3) is 0 Å². The molecule has 170 valence electrons. The van der Waals surface area contributed by atoms with Crippen molar-refractivity contribution >= 4 is 23.4 Å². The molecule has 4 atom stereocenters. The van der Waals surface area contributed by atoms with Gasteiger partial charge in [-0.25, -0.2) is 0 Å². The lowest BCUT2D eigenvalue weighted by Gasteiger charge is -2.29. The van der Waals surface area contributed by atoms with E-state index in [-0.39, 0.29) is 23.8 Å². The maximum atomic E-state index is 13.8. The van der Waals surface area contributed by atoms with Gasteiger partial charge in [-0.1, -0.05) is 78.9 Å². The molecule has 0 aromatic heterocycles. The average molecular weight is 452 g/mol. The summed E-state index contributed by atoms with van der Waals surface area (Å²) in [5, 5.41) is 6.45. The Balaban J connectivity index is 1.39. The van der Waals surface area contributed by atoms with Crippen molar-refractivity contribution in [3.8, 4) is 0 Å². The standard InChI is InChI=1S/C28H25N3O3/c32-25-23-22(17-19-11-5-2-6-12-19)30-28(20-13-7-8-14-21(20)29-27(28)34)24(23)26(33)31(25)16-15-18-9-3-1-4-10-18/h1-14,22-24,30H,15-17H2,(H,29,34)/t22?,23-,24+,28?/m1/s1. The molecule has 3 heterocycles. The van der Waals surface area contributed by atoms with E-state index >= 15 is 0 Å². The maximum Gasteiger partial charge on any atom is 0.250 e. The summed E-state index contributed by atoms with van der Waals surface area (Å²) in [4.78, 5) is 42.4. The van der Waals surface area contributed by atoms with Crippen LogP contribution in [0.2, 0.25) is 0 Å². The molecule has 3 aliphatic rings. The van der Waals surface area contributed by atoms with Crippen molar-refractivity contribution in [2.75, 3.05) is 11.9 Å². The van der Waals surface area contributed by atoms with Gasteiger partial charge in [-0.05, 0) is 30.0 Å². The second kappa shape index (κ2) is 7.92. The Kier molecular flexibility index (Phi) is 4.85. The number of hydrogen-bond donors (Lipinski definition) is 2. The first-order valence-electron chi connectivity index (χ1n) is 11.7. The summed E-state index contributed by atoms with van der Waals surface area (Å²) in [5.41, 5.74) is 2.33. The first-order valence-corrected chi connectivity index (χ1v) is 11.7. The Hall–Kier alpha value is -3.77. The maximum absolute atomic E-state index is 13.8. The lowest BCUT2D eigenvalue weighted by Crippen LogP contribution is -2.53. The van der Waals surface area contributed by atoms with E-state index < -0.39 is 17.4 Å². The van der Waals surface area contributed by atoms with Crippen LogP contribution in [0, 0.1) is 11.8 Å². The molecular weight excluding hydrogens is 426 g/mol. The summed E-state index contributed by atoms with van der Waals surface area (Å²) in [6.07, 6.45) is 1.15. The lowest BCUT2D eigenvalue weighted by molar-refractivity contribution is -0.142. The fourth-order valence-electron chi connectivity index (χ4n) is 5.97. The molecule has 0 bridgehead atoms. The Morgan fingerprint density at radius 2 is 1.41 bits per heavy atom. The van der Waals surface area contributed by atoms with Crippen molar-refractivity contribution in [1.29, 1.82) is 0 Å². The van der Waals surface area contributed by atoms with Gasteiger partial charge in [-0.15, -0.1) is 0 Å². The van der Waals surface area contributed by atoms with Crippen LogP contribution in [0.1, 0.15) is 16.7 Å². The second-order valence-corrected chi connectivity index (χ2v) is 9.32. The van der Waals surface area contributed by atoms with Gasteiger partial charge in [0.15, 0.2) is 0 Å². The fraction of sp³-hybridized carbons (Fsp3) is 0.250. The number of carbonyl (C=O) groups excluding carboxylic acids is 3. The second-order valence-electron chi connectivity index (χ2n) is 9.32. The topological polar surface area (TPSA) is 78.5 Å². The minimum absolute atomic E-state index is 0.187. The summed E-state index contributed by atoms with van der Waals surface area (Å²) < 4.78 is 0. The van der Waals surface area contributed by atoms with Crippen molar-refractivity contribution in [2.45, 2.75) is 24.4 Å². The van der Waals surface area contributed by atoms with E-state index in [4.69, 9.17) is 0 Å². The molecule has 3 aromatic carbocycles. The van der Waals surface area contributed by atoms with Gasteiger partial charge in [0.1, 0.15) is 5.54 Å². The molecule has 3 amide bonds. The Labute approximate surface area is 198 Å². The molecule has 3 aliphatic heterocycles. The molecule has 0 saturated carbocycles. The van der Waals surface area contributed by atoms with E-state index in [2.05, 4.69) is 10.6 Å². The van der Waals surface area contributed by atoms with Gasteiger partial charge < -0.3 is 5.32 Å². The van der Waals surface area contributed by atoms with Gasteiger partial charge in [-0.3, -0.25) is 24.6 Å². The predicted octanol–water partition coefficient (Wildman–Crippen LogP) is 2.89. The van der Waals surface area contributed by atoms with Crippen molar-refractivity contribution in [1.82, 2.24) is 10.2 Å². The van der Waals surface area contributed by atoms with Gasteiger partial charge in [0, 0.05) is 23.8 Å². The van der Waals surface area contributed by atoms with E-state index in [0.717, 1.165) is 16.7 Å². The number of para-hydroxylation sites is 1. The number of rotatable bonds is 5. The zero-order valence-electron chi connectivity index (χ0n) is 18.6. The third-order valence-electron chi connectivity index (χ3n) is 7.48. The summed E-state index contributed by atoms with van der Waals surface area (Å²) in [6.45, 7) is 0.312. The summed E-state index contributed by atoms with van der Waals surface area (Å²) in [6, 6.07) is 26.9. The molecule has 2 fully saturated rings. The number of nitrogens with one attached hydrogen (secondary N) is 2. The predicted molar refractivity (Wildman–Crippen MR) is 128 cm³/mol. The molecular formula is C28H25N3O3. The molecule has 34 heavy (non-hydrogen) atoms. The van der Waals surface area contributed by atoms with Crippen molar-refractivity contribution < 1.29 is 14.4 Å². The summed E-state index contributed by atoms with van der Waals surface area (Å²) in [7, 11) is 0. The van der Waals surface area contributed by atoms with Crippen LogP contribution in [0.15, 0.2) is 84.9 Å². The lowest BCUT2D eigenvalue weighted by atomic mass is 9.76. The zero-order valence-corrected chi connectivity index (χ0v) is 18.6. The normalized spacial score (nSPS) is 27.2. The van der Waals surface area contributed by atoms with Crippen LogP contribution in [0.4, 0.5) is 5.69 Å².